The van der Waals surface area contributed by atoms with E-state index in [0.717, 1.165) is 11.6 Å². The summed E-state index contributed by atoms with van der Waals surface area (Å²) in [4.78, 5) is 11.7. The summed E-state index contributed by atoms with van der Waals surface area (Å²) < 4.78 is 0. The van der Waals surface area contributed by atoms with Crippen LogP contribution < -0.4 is 5.32 Å². The molecule has 0 aliphatic heterocycles. The minimum atomic E-state index is 0. The summed E-state index contributed by atoms with van der Waals surface area (Å²) in [5.74, 6) is 0.944. The predicted molar refractivity (Wildman–Crippen MR) is 91.5 cm³/mol. The normalized spacial score (nSPS) is 17.1. The van der Waals surface area contributed by atoms with Gasteiger partial charge in [0.05, 0.1) is 0 Å². The number of rotatable bonds is 5. The number of hydrogen-bond acceptors (Lipinski definition) is 2. The van der Waals surface area contributed by atoms with Crippen LogP contribution in [-0.2, 0) is 21.9 Å². The Kier molecular flexibility index (Phi) is 10.7. The van der Waals surface area contributed by atoms with E-state index in [2.05, 4.69) is 5.32 Å². The van der Waals surface area contributed by atoms with Crippen LogP contribution in [0.3, 0.4) is 0 Å². The number of Topliss-reactive ketones (excluding diaryl/α,β-unsaturated/α-hetero) is 1. The Morgan fingerprint density at radius 3 is 1.91 bits per heavy atom. The van der Waals surface area contributed by atoms with Crippen molar-refractivity contribution in [2.24, 2.45) is 0 Å². The van der Waals surface area contributed by atoms with Crippen LogP contribution in [0.5, 0.6) is 0 Å². The largest absolute Gasteiger partial charge is 2.00 e. The molecule has 2 aliphatic carbocycles. The summed E-state index contributed by atoms with van der Waals surface area (Å²) >= 11 is 5.78. The fourth-order valence-electron chi connectivity index (χ4n) is 1.91. The summed E-state index contributed by atoms with van der Waals surface area (Å²) in [6, 6.07) is 7.44. The maximum absolute atomic E-state index is 11.7. The van der Waals surface area contributed by atoms with Gasteiger partial charge in [-0.2, -0.15) is 0 Å². The molecule has 0 amide bonds. The van der Waals surface area contributed by atoms with Crippen molar-refractivity contribution in [3.8, 4) is 0 Å². The zero-order valence-electron chi connectivity index (χ0n) is 12.6. The van der Waals surface area contributed by atoms with Gasteiger partial charge < -0.3 is 5.32 Å². The van der Waals surface area contributed by atoms with Gasteiger partial charge in [0.1, 0.15) is 5.78 Å². The molecule has 0 saturated heterocycles. The molecule has 23 heavy (non-hydrogen) atoms. The monoisotopic (exact) mass is 367 g/mol. The molecule has 2 nitrogen and oxygen atoms in total. The first-order chi connectivity index (χ1) is 10.8. The van der Waals surface area contributed by atoms with Crippen LogP contribution in [0.25, 0.3) is 0 Å². The molecule has 0 unspecified atom stereocenters. The number of hydrogen-bond donors (Lipinski definition) is 1. The van der Waals surface area contributed by atoms with E-state index in [1.165, 1.54) is 0 Å². The quantitative estimate of drug-likeness (QED) is 0.793. The van der Waals surface area contributed by atoms with Gasteiger partial charge in [-0.05, 0) is 82.1 Å². The van der Waals surface area contributed by atoms with Gasteiger partial charge in [0.25, 0.3) is 0 Å². The number of carbonyl (C=O) groups excluding carboxylic acids is 1. The first-order valence-corrected chi connectivity index (χ1v) is 7.54. The average Bonchev–Trinajstić information content (AvgIpc) is 3.25. The number of carbonyl (C=O) groups is 1. The first kappa shape index (κ1) is 20.5. The van der Waals surface area contributed by atoms with Crippen molar-refractivity contribution < 1.29 is 21.9 Å². The SMILES string of the molecule is O=C(CCNc1ccc(Cl)cc1)[C]1[CH][CH][CH][CH]1.[CH]1[CH][CH][CH][CH]1.[Fe+2]. The third-order valence-corrected chi connectivity index (χ3v) is 3.32. The van der Waals surface area contributed by atoms with Crippen molar-refractivity contribution in [2.45, 2.75) is 6.42 Å². The first-order valence-electron chi connectivity index (χ1n) is 7.17. The molecule has 2 aliphatic rings. The summed E-state index contributed by atoms with van der Waals surface area (Å²) in [6.45, 7) is 0.631. The molecule has 4 heteroatoms. The van der Waals surface area contributed by atoms with Crippen LogP contribution in [0.15, 0.2) is 24.3 Å². The fourth-order valence-corrected chi connectivity index (χ4v) is 2.04. The topological polar surface area (TPSA) is 29.1 Å². The Balaban J connectivity index is 0.000000377. The second kappa shape index (κ2) is 11.9. The van der Waals surface area contributed by atoms with E-state index in [1.807, 2.05) is 82.1 Å². The van der Waals surface area contributed by atoms with E-state index in [4.69, 9.17) is 11.6 Å². The zero-order valence-corrected chi connectivity index (χ0v) is 14.4. The fraction of sp³-hybridized carbons (Fsp3) is 0.105. The molecular formula is C19H18ClFeNO+2. The molecule has 3 rings (SSSR count). The molecule has 0 atom stereocenters. The maximum Gasteiger partial charge on any atom is 2.00 e. The number of ketones is 1. The van der Waals surface area contributed by atoms with Gasteiger partial charge >= 0.3 is 17.1 Å². The van der Waals surface area contributed by atoms with Crippen LogP contribution in [0.2, 0.25) is 5.02 Å². The van der Waals surface area contributed by atoms with Gasteiger partial charge in [0.15, 0.2) is 0 Å². The van der Waals surface area contributed by atoms with Crippen molar-refractivity contribution in [1.82, 2.24) is 0 Å². The van der Waals surface area contributed by atoms with Crippen molar-refractivity contribution in [3.63, 3.8) is 0 Å². The van der Waals surface area contributed by atoms with Crippen LogP contribution in [0, 0.1) is 63.7 Å². The molecule has 0 heterocycles. The summed E-state index contributed by atoms with van der Waals surface area (Å²) in [7, 11) is 0. The van der Waals surface area contributed by atoms with E-state index < -0.39 is 0 Å². The van der Waals surface area contributed by atoms with Gasteiger partial charge in [-0.1, -0.05) is 11.6 Å². The predicted octanol–water partition coefficient (Wildman–Crippen LogP) is 4.14. The van der Waals surface area contributed by atoms with E-state index in [0.29, 0.717) is 18.0 Å². The number of benzene rings is 1. The van der Waals surface area contributed by atoms with Crippen molar-refractivity contribution in [2.75, 3.05) is 11.9 Å². The Morgan fingerprint density at radius 1 is 0.870 bits per heavy atom. The minimum Gasteiger partial charge on any atom is -0.385 e. The average molecular weight is 368 g/mol. The standard InChI is InChI=1S/C14H13ClNO.C5H5.Fe/c15-12-5-7-13(8-6-12)16-10-9-14(17)11-3-1-2-4-11;1-2-4-5-3-1;/h1-8,16H,9-10H2;1-5H;/q;;+2. The third-order valence-electron chi connectivity index (χ3n) is 3.07. The van der Waals surface area contributed by atoms with Crippen LogP contribution >= 0.6 is 11.6 Å². The molecule has 0 bridgehead atoms. The number of halogens is 1. The molecule has 118 valence electrons. The summed E-state index contributed by atoms with van der Waals surface area (Å²) in [5, 5.41) is 3.90. The Labute approximate surface area is 156 Å². The van der Waals surface area contributed by atoms with Crippen molar-refractivity contribution in [1.29, 1.82) is 0 Å². The minimum absolute atomic E-state index is 0. The molecule has 10 radical (unpaired) electrons. The van der Waals surface area contributed by atoms with Crippen molar-refractivity contribution in [3.05, 3.63) is 93.0 Å². The second-order valence-corrected chi connectivity index (χ2v) is 5.18. The van der Waals surface area contributed by atoms with Crippen LogP contribution in [0.1, 0.15) is 6.42 Å². The maximum atomic E-state index is 11.7. The Hall–Kier alpha value is -0.501. The molecule has 1 aromatic carbocycles. The Morgan fingerprint density at radius 2 is 1.39 bits per heavy atom. The third kappa shape index (κ3) is 8.24. The molecular weight excluding hydrogens is 350 g/mol. The number of nitrogens with one attached hydrogen (secondary N) is 1. The van der Waals surface area contributed by atoms with Crippen LogP contribution in [-0.4, -0.2) is 12.3 Å². The van der Waals surface area contributed by atoms with Gasteiger partial charge in [-0.3, -0.25) is 4.79 Å². The van der Waals surface area contributed by atoms with E-state index >= 15 is 0 Å². The summed E-state index contributed by atoms with van der Waals surface area (Å²) in [5.41, 5.74) is 0.977. The molecule has 2 fully saturated rings. The van der Waals surface area contributed by atoms with Gasteiger partial charge in [0, 0.05) is 29.6 Å². The second-order valence-electron chi connectivity index (χ2n) is 4.74. The van der Waals surface area contributed by atoms with Crippen LogP contribution in [0.4, 0.5) is 5.69 Å². The zero-order chi connectivity index (χ0) is 15.6. The molecule has 0 aromatic heterocycles. The van der Waals surface area contributed by atoms with Gasteiger partial charge in [0.2, 0.25) is 0 Å². The van der Waals surface area contributed by atoms with Crippen molar-refractivity contribution >= 4 is 23.1 Å². The van der Waals surface area contributed by atoms with E-state index in [1.54, 1.807) is 0 Å². The van der Waals surface area contributed by atoms with Gasteiger partial charge in [-0.15, -0.1) is 0 Å². The smallest absolute Gasteiger partial charge is 0.385 e. The summed E-state index contributed by atoms with van der Waals surface area (Å²) in [6.07, 6.45) is 17.9. The van der Waals surface area contributed by atoms with E-state index in [-0.39, 0.29) is 22.9 Å². The molecule has 2 saturated carbocycles. The van der Waals surface area contributed by atoms with Gasteiger partial charge in [-0.25, -0.2) is 0 Å². The molecule has 1 N–H and O–H groups in total. The van der Waals surface area contributed by atoms with E-state index in [9.17, 15) is 4.79 Å². The molecule has 0 spiro atoms. The Bertz CT molecular complexity index is 432. The number of anilines is 1. The molecule has 1 aromatic rings.